The SMILES string of the molecule is CCCN(Cc1cccs1)C(=O)Nc1cc(OC)ccc1OC. The van der Waals surface area contributed by atoms with Gasteiger partial charge in [-0.15, -0.1) is 11.3 Å². The lowest BCUT2D eigenvalue weighted by molar-refractivity contribution is 0.209. The topological polar surface area (TPSA) is 50.8 Å². The van der Waals surface area contributed by atoms with Gasteiger partial charge in [0, 0.05) is 17.5 Å². The maximum absolute atomic E-state index is 12.6. The Morgan fingerprint density at radius 2 is 2.09 bits per heavy atom. The first kappa shape index (κ1) is 17.1. The monoisotopic (exact) mass is 334 g/mol. The zero-order valence-electron chi connectivity index (χ0n) is 13.7. The predicted octanol–water partition coefficient (Wildman–Crippen LogP) is 4.21. The van der Waals surface area contributed by atoms with E-state index in [1.807, 2.05) is 17.5 Å². The number of amides is 2. The van der Waals surface area contributed by atoms with Crippen LogP contribution in [0.4, 0.5) is 10.5 Å². The summed E-state index contributed by atoms with van der Waals surface area (Å²) >= 11 is 1.65. The number of urea groups is 1. The van der Waals surface area contributed by atoms with E-state index in [4.69, 9.17) is 9.47 Å². The number of carbonyl (C=O) groups is 1. The molecule has 0 fully saturated rings. The van der Waals surface area contributed by atoms with Crippen LogP contribution in [-0.2, 0) is 6.54 Å². The van der Waals surface area contributed by atoms with Crippen molar-refractivity contribution < 1.29 is 14.3 Å². The summed E-state index contributed by atoms with van der Waals surface area (Å²) in [5.74, 6) is 1.27. The fourth-order valence-corrected chi connectivity index (χ4v) is 2.94. The minimum Gasteiger partial charge on any atom is -0.497 e. The fraction of sp³-hybridized carbons (Fsp3) is 0.353. The first-order valence-electron chi connectivity index (χ1n) is 7.48. The Hall–Kier alpha value is -2.21. The van der Waals surface area contributed by atoms with Gasteiger partial charge in [-0.3, -0.25) is 0 Å². The predicted molar refractivity (Wildman–Crippen MR) is 93.6 cm³/mol. The zero-order chi connectivity index (χ0) is 16.7. The summed E-state index contributed by atoms with van der Waals surface area (Å²) in [4.78, 5) is 15.6. The minimum absolute atomic E-state index is 0.146. The number of carbonyl (C=O) groups excluding carboxylic acids is 1. The lowest BCUT2D eigenvalue weighted by Crippen LogP contribution is -2.35. The number of nitrogens with zero attached hydrogens (tertiary/aromatic N) is 1. The Balaban J connectivity index is 2.14. The Morgan fingerprint density at radius 1 is 1.26 bits per heavy atom. The lowest BCUT2D eigenvalue weighted by Gasteiger charge is -2.22. The molecule has 23 heavy (non-hydrogen) atoms. The Kier molecular flexibility index (Phi) is 6.29. The number of hydrogen-bond donors (Lipinski definition) is 1. The molecule has 0 radical (unpaired) electrons. The summed E-state index contributed by atoms with van der Waals surface area (Å²) in [6.45, 7) is 3.35. The molecular formula is C17H22N2O3S. The van der Waals surface area contributed by atoms with Crippen molar-refractivity contribution in [3.63, 3.8) is 0 Å². The zero-order valence-corrected chi connectivity index (χ0v) is 14.5. The number of benzene rings is 1. The van der Waals surface area contributed by atoms with Crippen LogP contribution in [0.3, 0.4) is 0 Å². The van der Waals surface area contributed by atoms with Gasteiger partial charge in [0.05, 0.1) is 26.5 Å². The molecule has 1 aromatic heterocycles. The van der Waals surface area contributed by atoms with Crippen molar-refractivity contribution in [2.75, 3.05) is 26.1 Å². The van der Waals surface area contributed by atoms with Gasteiger partial charge in [-0.05, 0) is 30.0 Å². The molecule has 5 nitrogen and oxygen atoms in total. The molecule has 2 aromatic rings. The Bertz CT molecular complexity index is 629. The van der Waals surface area contributed by atoms with Crippen molar-refractivity contribution in [1.29, 1.82) is 0 Å². The van der Waals surface area contributed by atoms with E-state index in [0.29, 0.717) is 30.3 Å². The molecular weight excluding hydrogens is 312 g/mol. The van der Waals surface area contributed by atoms with Gasteiger partial charge in [0.1, 0.15) is 11.5 Å². The lowest BCUT2D eigenvalue weighted by atomic mass is 10.2. The van der Waals surface area contributed by atoms with Gasteiger partial charge < -0.3 is 19.7 Å². The van der Waals surface area contributed by atoms with Crippen LogP contribution in [0.2, 0.25) is 0 Å². The van der Waals surface area contributed by atoms with E-state index >= 15 is 0 Å². The molecule has 0 spiro atoms. The number of thiophene rings is 1. The molecule has 124 valence electrons. The molecule has 0 saturated carbocycles. The molecule has 2 rings (SSSR count). The van der Waals surface area contributed by atoms with E-state index in [-0.39, 0.29) is 6.03 Å². The third-order valence-corrected chi connectivity index (χ3v) is 4.22. The number of hydrogen-bond acceptors (Lipinski definition) is 4. The average Bonchev–Trinajstić information content (AvgIpc) is 3.07. The third kappa shape index (κ3) is 4.63. The largest absolute Gasteiger partial charge is 0.497 e. The van der Waals surface area contributed by atoms with Gasteiger partial charge in [0.15, 0.2) is 0 Å². The third-order valence-electron chi connectivity index (χ3n) is 3.36. The maximum Gasteiger partial charge on any atom is 0.322 e. The molecule has 1 N–H and O–H groups in total. The second kappa shape index (κ2) is 8.43. The number of ether oxygens (including phenoxy) is 2. The molecule has 6 heteroatoms. The van der Waals surface area contributed by atoms with Crippen molar-refractivity contribution in [2.24, 2.45) is 0 Å². The van der Waals surface area contributed by atoms with Crippen LogP contribution in [0, 0.1) is 0 Å². The Labute approximate surface area is 140 Å². The second-order valence-electron chi connectivity index (χ2n) is 5.00. The second-order valence-corrected chi connectivity index (χ2v) is 6.03. The van der Waals surface area contributed by atoms with Crippen LogP contribution < -0.4 is 14.8 Å². The molecule has 0 bridgehead atoms. The van der Waals surface area contributed by atoms with E-state index in [0.717, 1.165) is 11.3 Å². The van der Waals surface area contributed by atoms with E-state index in [1.54, 1.807) is 48.7 Å². The number of nitrogens with one attached hydrogen (secondary N) is 1. The highest BCUT2D eigenvalue weighted by molar-refractivity contribution is 7.09. The number of methoxy groups -OCH3 is 2. The molecule has 0 unspecified atom stereocenters. The summed E-state index contributed by atoms with van der Waals surface area (Å²) in [7, 11) is 3.17. The maximum atomic E-state index is 12.6. The summed E-state index contributed by atoms with van der Waals surface area (Å²) in [6.07, 6.45) is 0.897. The van der Waals surface area contributed by atoms with Crippen molar-refractivity contribution in [1.82, 2.24) is 4.90 Å². The van der Waals surface area contributed by atoms with Crippen LogP contribution in [0.1, 0.15) is 18.2 Å². The number of anilines is 1. The van der Waals surface area contributed by atoms with Crippen LogP contribution >= 0.6 is 11.3 Å². The molecule has 0 aliphatic rings. The van der Waals surface area contributed by atoms with Crippen molar-refractivity contribution >= 4 is 23.1 Å². The standard InChI is InChI=1S/C17H22N2O3S/c1-4-9-19(12-14-6-5-10-23-14)17(20)18-15-11-13(21-2)7-8-16(15)22-3/h5-8,10-11H,4,9,12H2,1-3H3,(H,18,20). The average molecular weight is 334 g/mol. The fourth-order valence-electron chi connectivity index (χ4n) is 2.22. The summed E-state index contributed by atoms with van der Waals surface area (Å²) < 4.78 is 10.5. The first-order chi connectivity index (χ1) is 11.2. The van der Waals surface area contributed by atoms with E-state index in [1.165, 1.54) is 0 Å². The normalized spacial score (nSPS) is 10.2. The van der Waals surface area contributed by atoms with Crippen molar-refractivity contribution in [3.05, 3.63) is 40.6 Å². The molecule has 0 aliphatic carbocycles. The van der Waals surface area contributed by atoms with Crippen LogP contribution in [0.25, 0.3) is 0 Å². The smallest absolute Gasteiger partial charge is 0.322 e. The molecule has 1 aromatic carbocycles. The first-order valence-corrected chi connectivity index (χ1v) is 8.36. The van der Waals surface area contributed by atoms with Crippen LogP contribution in [-0.4, -0.2) is 31.7 Å². The van der Waals surface area contributed by atoms with Gasteiger partial charge in [-0.25, -0.2) is 4.79 Å². The summed E-state index contributed by atoms with van der Waals surface area (Å²) in [5, 5.41) is 4.94. The Morgan fingerprint density at radius 3 is 2.70 bits per heavy atom. The van der Waals surface area contributed by atoms with Gasteiger partial charge in [-0.1, -0.05) is 13.0 Å². The van der Waals surface area contributed by atoms with Crippen LogP contribution in [0.15, 0.2) is 35.7 Å². The van der Waals surface area contributed by atoms with Crippen LogP contribution in [0.5, 0.6) is 11.5 Å². The van der Waals surface area contributed by atoms with Crippen molar-refractivity contribution in [2.45, 2.75) is 19.9 Å². The highest BCUT2D eigenvalue weighted by atomic mass is 32.1. The molecule has 0 aliphatic heterocycles. The van der Waals surface area contributed by atoms with Gasteiger partial charge in [0.25, 0.3) is 0 Å². The van der Waals surface area contributed by atoms with E-state index in [9.17, 15) is 4.79 Å². The van der Waals surface area contributed by atoms with Crippen molar-refractivity contribution in [3.8, 4) is 11.5 Å². The highest BCUT2D eigenvalue weighted by Crippen LogP contribution is 2.29. The van der Waals surface area contributed by atoms with Gasteiger partial charge in [-0.2, -0.15) is 0 Å². The summed E-state index contributed by atoms with van der Waals surface area (Å²) in [5.41, 5.74) is 0.601. The van der Waals surface area contributed by atoms with Gasteiger partial charge >= 0.3 is 6.03 Å². The molecule has 2 amide bonds. The molecule has 0 atom stereocenters. The molecule has 0 saturated heterocycles. The quantitative estimate of drug-likeness (QED) is 0.825. The highest BCUT2D eigenvalue weighted by Gasteiger charge is 2.16. The number of rotatable bonds is 7. The minimum atomic E-state index is -0.146. The summed E-state index contributed by atoms with van der Waals surface area (Å²) in [6, 6.07) is 9.21. The van der Waals surface area contributed by atoms with E-state index in [2.05, 4.69) is 12.2 Å². The van der Waals surface area contributed by atoms with E-state index < -0.39 is 0 Å². The van der Waals surface area contributed by atoms with Gasteiger partial charge in [0.2, 0.25) is 0 Å². The molecule has 1 heterocycles.